The predicted molar refractivity (Wildman–Crippen MR) is 94.9 cm³/mol. The van der Waals surface area contributed by atoms with Crippen molar-refractivity contribution in [2.24, 2.45) is 4.99 Å². The van der Waals surface area contributed by atoms with Crippen molar-refractivity contribution in [1.29, 1.82) is 0 Å². The fourth-order valence-corrected chi connectivity index (χ4v) is 4.23. The minimum absolute atomic E-state index is 0.557. The van der Waals surface area contributed by atoms with Crippen LogP contribution in [-0.2, 0) is 0 Å². The van der Waals surface area contributed by atoms with Crippen LogP contribution in [0.25, 0.3) is 0 Å². The SMILES string of the molecule is CN=C(NC1CC1c1ccccc1)N1CCC(N2CCCC2)C1. The number of nitrogens with one attached hydrogen (secondary N) is 1. The van der Waals surface area contributed by atoms with E-state index < -0.39 is 0 Å². The fraction of sp³-hybridized carbons (Fsp3) is 0.632. The van der Waals surface area contributed by atoms with Crippen LogP contribution in [0, 0.1) is 0 Å². The Morgan fingerprint density at radius 1 is 1.13 bits per heavy atom. The molecule has 0 spiro atoms. The van der Waals surface area contributed by atoms with Crippen molar-refractivity contribution in [3.8, 4) is 0 Å². The average Bonchev–Trinajstić information content (AvgIpc) is 2.99. The Bertz CT molecular complexity index is 550. The van der Waals surface area contributed by atoms with E-state index in [4.69, 9.17) is 0 Å². The van der Waals surface area contributed by atoms with Gasteiger partial charge in [0, 0.05) is 38.1 Å². The van der Waals surface area contributed by atoms with Crippen molar-refractivity contribution in [2.45, 2.75) is 43.7 Å². The second-order valence-corrected chi connectivity index (χ2v) is 7.18. The van der Waals surface area contributed by atoms with E-state index in [1.54, 1.807) is 0 Å². The summed E-state index contributed by atoms with van der Waals surface area (Å²) in [7, 11) is 1.92. The zero-order chi connectivity index (χ0) is 15.6. The average molecular weight is 312 g/mol. The van der Waals surface area contributed by atoms with E-state index in [1.807, 2.05) is 7.05 Å². The minimum atomic E-state index is 0.557. The van der Waals surface area contributed by atoms with Crippen LogP contribution in [0.2, 0.25) is 0 Å². The standard InChI is InChI=1S/C19H28N4/c1-20-19(21-18-13-17(18)15-7-3-2-4-8-15)23-12-9-16(14-23)22-10-5-6-11-22/h2-4,7-8,16-18H,5-6,9-14H2,1H3,(H,20,21). The number of hydrogen-bond donors (Lipinski definition) is 1. The third kappa shape index (κ3) is 3.23. The lowest BCUT2D eigenvalue weighted by atomic mass is 10.1. The van der Waals surface area contributed by atoms with Gasteiger partial charge >= 0.3 is 0 Å². The number of guanidine groups is 1. The van der Waals surface area contributed by atoms with E-state index in [9.17, 15) is 0 Å². The molecule has 4 nitrogen and oxygen atoms in total. The maximum atomic E-state index is 4.55. The summed E-state index contributed by atoms with van der Waals surface area (Å²) in [5.74, 6) is 1.76. The first-order valence-electron chi connectivity index (χ1n) is 9.12. The summed E-state index contributed by atoms with van der Waals surface area (Å²) in [5, 5.41) is 3.70. The molecular weight excluding hydrogens is 284 g/mol. The van der Waals surface area contributed by atoms with Crippen LogP contribution >= 0.6 is 0 Å². The number of hydrogen-bond acceptors (Lipinski definition) is 2. The summed E-state index contributed by atoms with van der Waals surface area (Å²) in [5.41, 5.74) is 1.46. The third-order valence-electron chi connectivity index (χ3n) is 5.66. The smallest absolute Gasteiger partial charge is 0.193 e. The van der Waals surface area contributed by atoms with E-state index in [0.29, 0.717) is 12.0 Å². The van der Waals surface area contributed by atoms with Crippen LogP contribution in [0.1, 0.15) is 37.2 Å². The Balaban J connectivity index is 1.32. The zero-order valence-corrected chi connectivity index (χ0v) is 14.1. The predicted octanol–water partition coefficient (Wildman–Crippen LogP) is 2.29. The summed E-state index contributed by atoms with van der Waals surface area (Å²) < 4.78 is 0. The fourth-order valence-electron chi connectivity index (χ4n) is 4.23. The highest BCUT2D eigenvalue weighted by molar-refractivity contribution is 5.81. The monoisotopic (exact) mass is 312 g/mol. The van der Waals surface area contributed by atoms with E-state index in [1.165, 1.54) is 44.3 Å². The van der Waals surface area contributed by atoms with Crippen molar-refractivity contribution < 1.29 is 0 Å². The highest BCUT2D eigenvalue weighted by Gasteiger charge is 2.40. The molecule has 1 N–H and O–H groups in total. The van der Waals surface area contributed by atoms with Gasteiger partial charge in [0.15, 0.2) is 5.96 Å². The first-order valence-corrected chi connectivity index (χ1v) is 9.12. The molecule has 3 fully saturated rings. The molecule has 4 rings (SSSR count). The maximum absolute atomic E-state index is 4.55. The molecule has 3 unspecified atom stereocenters. The Hall–Kier alpha value is -1.55. The molecule has 1 saturated carbocycles. The lowest BCUT2D eigenvalue weighted by Gasteiger charge is -2.25. The second-order valence-electron chi connectivity index (χ2n) is 7.18. The van der Waals surface area contributed by atoms with Gasteiger partial charge in [-0.25, -0.2) is 0 Å². The molecule has 4 heteroatoms. The van der Waals surface area contributed by atoms with Gasteiger partial charge in [-0.2, -0.15) is 0 Å². The van der Waals surface area contributed by atoms with Crippen molar-refractivity contribution in [3.05, 3.63) is 35.9 Å². The maximum Gasteiger partial charge on any atom is 0.193 e. The van der Waals surface area contributed by atoms with Gasteiger partial charge in [0.05, 0.1) is 0 Å². The summed E-state index contributed by atoms with van der Waals surface area (Å²) in [6.45, 7) is 4.87. The van der Waals surface area contributed by atoms with E-state index in [2.05, 4.69) is 50.4 Å². The molecule has 3 atom stereocenters. The van der Waals surface area contributed by atoms with Gasteiger partial charge in [-0.1, -0.05) is 30.3 Å². The molecule has 0 amide bonds. The van der Waals surface area contributed by atoms with Crippen LogP contribution < -0.4 is 5.32 Å². The molecule has 1 aromatic carbocycles. The highest BCUT2D eigenvalue weighted by atomic mass is 15.4. The van der Waals surface area contributed by atoms with Gasteiger partial charge in [0.25, 0.3) is 0 Å². The van der Waals surface area contributed by atoms with Crippen molar-refractivity contribution >= 4 is 5.96 Å². The quantitative estimate of drug-likeness (QED) is 0.686. The molecule has 2 saturated heterocycles. The van der Waals surface area contributed by atoms with Crippen LogP contribution in [-0.4, -0.2) is 61.1 Å². The van der Waals surface area contributed by atoms with Crippen LogP contribution in [0.15, 0.2) is 35.3 Å². The number of nitrogens with zero attached hydrogens (tertiary/aromatic N) is 3. The lowest BCUT2D eigenvalue weighted by Crippen LogP contribution is -2.43. The summed E-state index contributed by atoms with van der Waals surface area (Å²) in [4.78, 5) is 9.69. The zero-order valence-electron chi connectivity index (χ0n) is 14.1. The summed E-state index contributed by atoms with van der Waals surface area (Å²) in [6.07, 6.45) is 5.27. The van der Waals surface area contributed by atoms with Gasteiger partial charge in [0.1, 0.15) is 0 Å². The normalized spacial score (nSPS) is 31.6. The molecule has 2 heterocycles. The van der Waals surface area contributed by atoms with Gasteiger partial charge in [-0.3, -0.25) is 9.89 Å². The third-order valence-corrected chi connectivity index (χ3v) is 5.66. The van der Waals surface area contributed by atoms with Gasteiger partial charge < -0.3 is 10.2 Å². The lowest BCUT2D eigenvalue weighted by molar-refractivity contribution is 0.249. The van der Waals surface area contributed by atoms with Crippen molar-refractivity contribution in [2.75, 3.05) is 33.2 Å². The van der Waals surface area contributed by atoms with Gasteiger partial charge in [0.2, 0.25) is 0 Å². The van der Waals surface area contributed by atoms with Crippen molar-refractivity contribution in [1.82, 2.24) is 15.1 Å². The van der Waals surface area contributed by atoms with Crippen LogP contribution in [0.3, 0.4) is 0 Å². The Labute approximate surface area is 139 Å². The topological polar surface area (TPSA) is 30.9 Å². The number of benzene rings is 1. The Kier molecular flexibility index (Phi) is 4.25. The molecule has 2 aliphatic heterocycles. The number of likely N-dealkylation sites (tertiary alicyclic amines) is 2. The molecule has 23 heavy (non-hydrogen) atoms. The molecule has 0 aromatic heterocycles. The summed E-state index contributed by atoms with van der Waals surface area (Å²) >= 11 is 0. The number of rotatable bonds is 3. The highest BCUT2D eigenvalue weighted by Crippen LogP contribution is 2.40. The van der Waals surface area contributed by atoms with E-state index in [-0.39, 0.29) is 0 Å². The molecular formula is C19H28N4. The van der Waals surface area contributed by atoms with Gasteiger partial charge in [-0.15, -0.1) is 0 Å². The molecule has 3 aliphatic rings. The first-order chi connectivity index (χ1) is 11.3. The van der Waals surface area contributed by atoms with E-state index in [0.717, 1.165) is 25.1 Å². The molecule has 124 valence electrons. The van der Waals surface area contributed by atoms with Crippen LogP contribution in [0.4, 0.5) is 0 Å². The number of aliphatic imine (C=N–C) groups is 1. The molecule has 1 aromatic rings. The second kappa shape index (κ2) is 6.52. The Morgan fingerprint density at radius 3 is 2.65 bits per heavy atom. The van der Waals surface area contributed by atoms with Gasteiger partial charge in [-0.05, 0) is 44.3 Å². The largest absolute Gasteiger partial charge is 0.353 e. The summed E-state index contributed by atoms with van der Waals surface area (Å²) in [6, 6.07) is 12.2. The van der Waals surface area contributed by atoms with Crippen LogP contribution in [0.5, 0.6) is 0 Å². The van der Waals surface area contributed by atoms with Crippen molar-refractivity contribution in [3.63, 3.8) is 0 Å². The molecule has 1 aliphatic carbocycles. The Morgan fingerprint density at radius 2 is 1.91 bits per heavy atom. The first kappa shape index (κ1) is 15.0. The van der Waals surface area contributed by atoms with E-state index >= 15 is 0 Å². The minimum Gasteiger partial charge on any atom is -0.353 e. The molecule has 0 bridgehead atoms. The molecule has 0 radical (unpaired) electrons.